The van der Waals surface area contributed by atoms with E-state index in [4.69, 9.17) is 18.0 Å². The number of amides is 1. The molecule has 0 saturated carbocycles. The molecule has 1 amide bonds. The average Bonchev–Trinajstić information content (AvgIpc) is 2.22. The molecule has 0 radical (unpaired) electrons. The fourth-order valence-corrected chi connectivity index (χ4v) is 1.44. The van der Waals surface area contributed by atoms with Crippen LogP contribution in [-0.2, 0) is 0 Å². The highest BCUT2D eigenvalue weighted by Crippen LogP contribution is 2.19. The Balaban J connectivity index is 2.73. The molecule has 0 spiro atoms. The molecule has 2 nitrogen and oxygen atoms in total. The summed E-state index contributed by atoms with van der Waals surface area (Å²) in [6.07, 6.45) is 5.57. The molecule has 1 aromatic carbocycles. The standard InChI is InChI=1S/C11H10ClNOS/c1-2-3-6-13-11(14)9-7-8(15)4-5-10(9)12/h1,4-5,7,15H,3,6H2,(H,13,14). The lowest BCUT2D eigenvalue weighted by atomic mass is 10.2. The molecule has 1 aromatic rings. The van der Waals surface area contributed by atoms with Crippen molar-refractivity contribution in [3.63, 3.8) is 0 Å². The maximum Gasteiger partial charge on any atom is 0.252 e. The molecule has 0 heterocycles. The van der Waals surface area contributed by atoms with Crippen LogP contribution in [0.1, 0.15) is 16.8 Å². The first-order chi connectivity index (χ1) is 7.15. The van der Waals surface area contributed by atoms with E-state index in [9.17, 15) is 4.79 Å². The third kappa shape index (κ3) is 3.50. The van der Waals surface area contributed by atoms with E-state index in [1.165, 1.54) is 0 Å². The quantitative estimate of drug-likeness (QED) is 0.473. The van der Waals surface area contributed by atoms with E-state index in [-0.39, 0.29) is 5.91 Å². The maximum absolute atomic E-state index is 11.6. The second-order valence-corrected chi connectivity index (χ2v) is 3.80. The van der Waals surface area contributed by atoms with Gasteiger partial charge in [0.1, 0.15) is 0 Å². The molecule has 0 aromatic heterocycles. The van der Waals surface area contributed by atoms with Gasteiger partial charge in [0.25, 0.3) is 5.91 Å². The van der Waals surface area contributed by atoms with Crippen molar-refractivity contribution in [2.24, 2.45) is 0 Å². The molecular weight excluding hydrogens is 230 g/mol. The van der Waals surface area contributed by atoms with E-state index >= 15 is 0 Å². The van der Waals surface area contributed by atoms with Crippen molar-refractivity contribution < 1.29 is 4.79 Å². The van der Waals surface area contributed by atoms with Crippen LogP contribution in [0.15, 0.2) is 23.1 Å². The van der Waals surface area contributed by atoms with Crippen LogP contribution in [-0.4, -0.2) is 12.5 Å². The number of thiol groups is 1. The largest absolute Gasteiger partial charge is 0.351 e. The summed E-state index contributed by atoms with van der Waals surface area (Å²) in [5, 5.41) is 3.08. The van der Waals surface area contributed by atoms with Gasteiger partial charge >= 0.3 is 0 Å². The first-order valence-electron chi connectivity index (χ1n) is 4.35. The Kier molecular flexibility index (Phi) is 4.54. The molecule has 78 valence electrons. The number of nitrogens with one attached hydrogen (secondary N) is 1. The van der Waals surface area contributed by atoms with Crippen molar-refractivity contribution in [2.45, 2.75) is 11.3 Å². The van der Waals surface area contributed by atoms with E-state index < -0.39 is 0 Å². The van der Waals surface area contributed by atoms with Gasteiger partial charge in [0, 0.05) is 17.9 Å². The molecule has 15 heavy (non-hydrogen) atoms. The highest BCUT2D eigenvalue weighted by atomic mass is 35.5. The number of hydrogen-bond donors (Lipinski definition) is 2. The third-order valence-electron chi connectivity index (χ3n) is 1.75. The molecular formula is C11H10ClNOS. The van der Waals surface area contributed by atoms with E-state index in [2.05, 4.69) is 23.9 Å². The normalized spacial score (nSPS) is 9.40. The second kappa shape index (κ2) is 5.69. The van der Waals surface area contributed by atoms with Gasteiger partial charge in [-0.25, -0.2) is 0 Å². The molecule has 1 rings (SSSR count). The molecule has 0 bridgehead atoms. The SMILES string of the molecule is C#CCCNC(=O)c1cc(S)ccc1Cl. The van der Waals surface area contributed by atoms with Crippen molar-refractivity contribution >= 4 is 30.1 Å². The first kappa shape index (κ1) is 12.0. The van der Waals surface area contributed by atoms with Crippen molar-refractivity contribution in [3.8, 4) is 12.3 Å². The molecule has 1 N–H and O–H groups in total. The number of rotatable bonds is 3. The Morgan fingerprint density at radius 1 is 1.60 bits per heavy atom. The molecule has 0 fully saturated rings. The van der Waals surface area contributed by atoms with Crippen LogP contribution in [0, 0.1) is 12.3 Å². The number of carbonyl (C=O) groups excluding carboxylic acids is 1. The summed E-state index contributed by atoms with van der Waals surface area (Å²) in [6.45, 7) is 0.447. The molecule has 0 aliphatic carbocycles. The monoisotopic (exact) mass is 239 g/mol. The van der Waals surface area contributed by atoms with Gasteiger partial charge in [-0.2, -0.15) is 0 Å². The van der Waals surface area contributed by atoms with Gasteiger partial charge in [0.05, 0.1) is 10.6 Å². The van der Waals surface area contributed by atoms with Crippen molar-refractivity contribution in [2.75, 3.05) is 6.54 Å². The molecule has 0 unspecified atom stereocenters. The van der Waals surface area contributed by atoms with Gasteiger partial charge in [-0.15, -0.1) is 25.0 Å². The number of halogens is 1. The predicted octanol–water partition coefficient (Wildman–Crippen LogP) is 2.38. The molecule has 0 saturated heterocycles. The van der Waals surface area contributed by atoms with Gasteiger partial charge in [0.15, 0.2) is 0 Å². The number of carbonyl (C=O) groups is 1. The van der Waals surface area contributed by atoms with E-state index in [0.29, 0.717) is 28.4 Å². The lowest BCUT2D eigenvalue weighted by Crippen LogP contribution is -2.24. The Hall–Kier alpha value is -1.11. The predicted molar refractivity (Wildman–Crippen MR) is 64.5 cm³/mol. The number of benzene rings is 1. The minimum atomic E-state index is -0.230. The van der Waals surface area contributed by atoms with E-state index in [1.807, 2.05) is 0 Å². The van der Waals surface area contributed by atoms with Crippen LogP contribution in [0.2, 0.25) is 5.02 Å². The fraction of sp³-hybridized carbons (Fsp3) is 0.182. The van der Waals surface area contributed by atoms with E-state index in [1.54, 1.807) is 18.2 Å². The Morgan fingerprint density at radius 3 is 3.00 bits per heavy atom. The van der Waals surface area contributed by atoms with Gasteiger partial charge in [0.2, 0.25) is 0 Å². The summed E-state index contributed by atoms with van der Waals surface area (Å²) >= 11 is 10.0. The Bertz CT molecular complexity index is 412. The molecule has 4 heteroatoms. The Labute approximate surface area is 99.4 Å². The third-order valence-corrected chi connectivity index (χ3v) is 2.36. The molecule has 0 aliphatic heterocycles. The van der Waals surface area contributed by atoms with Crippen LogP contribution in [0.25, 0.3) is 0 Å². The topological polar surface area (TPSA) is 29.1 Å². The zero-order valence-corrected chi connectivity index (χ0v) is 9.61. The minimum absolute atomic E-state index is 0.230. The molecule has 0 atom stereocenters. The highest BCUT2D eigenvalue weighted by Gasteiger charge is 2.09. The van der Waals surface area contributed by atoms with Crippen molar-refractivity contribution in [3.05, 3.63) is 28.8 Å². The van der Waals surface area contributed by atoms with E-state index in [0.717, 1.165) is 0 Å². The summed E-state index contributed by atoms with van der Waals surface area (Å²) < 4.78 is 0. The summed E-state index contributed by atoms with van der Waals surface area (Å²) in [7, 11) is 0. The van der Waals surface area contributed by atoms with Gasteiger partial charge < -0.3 is 5.32 Å². The maximum atomic E-state index is 11.6. The van der Waals surface area contributed by atoms with Crippen LogP contribution < -0.4 is 5.32 Å². The number of terminal acetylenes is 1. The first-order valence-corrected chi connectivity index (χ1v) is 5.18. The van der Waals surface area contributed by atoms with Crippen LogP contribution in [0.5, 0.6) is 0 Å². The zero-order chi connectivity index (χ0) is 11.3. The molecule has 0 aliphatic rings. The lowest BCUT2D eigenvalue weighted by Gasteiger charge is -2.05. The van der Waals surface area contributed by atoms with Gasteiger partial charge in [-0.05, 0) is 18.2 Å². The van der Waals surface area contributed by atoms with Crippen molar-refractivity contribution in [1.82, 2.24) is 5.32 Å². The summed E-state index contributed by atoms with van der Waals surface area (Å²) in [5.41, 5.74) is 0.418. The zero-order valence-electron chi connectivity index (χ0n) is 7.96. The Morgan fingerprint density at radius 2 is 2.33 bits per heavy atom. The van der Waals surface area contributed by atoms with Crippen molar-refractivity contribution in [1.29, 1.82) is 0 Å². The van der Waals surface area contributed by atoms with Gasteiger partial charge in [-0.1, -0.05) is 11.6 Å². The fourth-order valence-electron chi connectivity index (χ4n) is 1.03. The minimum Gasteiger partial charge on any atom is -0.351 e. The van der Waals surface area contributed by atoms with Crippen LogP contribution >= 0.6 is 24.2 Å². The van der Waals surface area contributed by atoms with Crippen LogP contribution in [0.4, 0.5) is 0 Å². The number of hydrogen-bond acceptors (Lipinski definition) is 2. The highest BCUT2D eigenvalue weighted by molar-refractivity contribution is 7.80. The smallest absolute Gasteiger partial charge is 0.252 e. The van der Waals surface area contributed by atoms with Gasteiger partial charge in [-0.3, -0.25) is 4.79 Å². The summed E-state index contributed by atoms with van der Waals surface area (Å²) in [5.74, 6) is 2.21. The lowest BCUT2D eigenvalue weighted by molar-refractivity contribution is 0.0954. The average molecular weight is 240 g/mol. The van der Waals surface area contributed by atoms with Crippen LogP contribution in [0.3, 0.4) is 0 Å². The summed E-state index contributed by atoms with van der Waals surface area (Å²) in [4.78, 5) is 12.3. The second-order valence-electron chi connectivity index (χ2n) is 2.87. The summed E-state index contributed by atoms with van der Waals surface area (Å²) in [6, 6.07) is 4.99.